The van der Waals surface area contributed by atoms with Gasteiger partial charge in [-0.2, -0.15) is 0 Å². The minimum atomic E-state index is -2.54. The van der Waals surface area contributed by atoms with E-state index < -0.39 is 31.8 Å². The summed E-state index contributed by atoms with van der Waals surface area (Å²) >= 11 is 6.67. The molecule has 54 heavy (non-hydrogen) atoms. The summed E-state index contributed by atoms with van der Waals surface area (Å²) in [7, 11) is -0.909. The second kappa shape index (κ2) is 16.1. The van der Waals surface area contributed by atoms with Crippen LogP contribution in [-0.4, -0.2) is 73.4 Å². The molecule has 2 aliphatic heterocycles. The monoisotopic (exact) mass is 769 g/mol. The first-order valence-electron chi connectivity index (χ1n) is 18.2. The molecule has 5 atom stereocenters. The first kappa shape index (κ1) is 39.2. The molecule has 1 fully saturated rings. The van der Waals surface area contributed by atoms with Crippen LogP contribution in [0.15, 0.2) is 97.1 Å². The molecule has 0 aromatic heterocycles. The van der Waals surface area contributed by atoms with Crippen LogP contribution in [0.4, 0.5) is 11.4 Å². The second-order valence-electron chi connectivity index (χ2n) is 14.8. The van der Waals surface area contributed by atoms with E-state index in [1.165, 1.54) is 6.92 Å². The SMILES string of the molecule is COc1ccc([Si](C)(C)[C@H]2[C@H](CC(=O)N(CCO)Cc3ccccc3)O[C@@]3(C(=O)N(Cc4ccc(NC(=O)[C@H](C)O)cc4)c4ccc(Cl)cc43)[C@@H]2C)cc1. The van der Waals surface area contributed by atoms with Crippen LogP contribution >= 0.6 is 11.6 Å². The van der Waals surface area contributed by atoms with Crippen molar-refractivity contribution < 1.29 is 34.1 Å². The summed E-state index contributed by atoms with van der Waals surface area (Å²) in [6, 6.07) is 30.3. The number of carbonyl (C=O) groups excluding carboxylic acids is 3. The van der Waals surface area contributed by atoms with Crippen molar-refractivity contribution in [1.82, 2.24) is 4.90 Å². The molecule has 1 saturated heterocycles. The van der Waals surface area contributed by atoms with Gasteiger partial charge in [0.1, 0.15) is 11.9 Å². The lowest BCUT2D eigenvalue weighted by atomic mass is 9.82. The van der Waals surface area contributed by atoms with Crippen molar-refractivity contribution in [3.8, 4) is 5.75 Å². The molecule has 2 aliphatic rings. The number of amides is 3. The van der Waals surface area contributed by atoms with Crippen molar-refractivity contribution in [2.75, 3.05) is 30.5 Å². The largest absolute Gasteiger partial charge is 0.497 e. The van der Waals surface area contributed by atoms with E-state index in [0.29, 0.717) is 28.5 Å². The molecule has 284 valence electrons. The van der Waals surface area contributed by atoms with Crippen molar-refractivity contribution in [3.05, 3.63) is 119 Å². The smallest absolute Gasteiger partial charge is 0.264 e. The number of hydrogen-bond donors (Lipinski definition) is 3. The molecular weight excluding hydrogens is 722 g/mol. The van der Waals surface area contributed by atoms with Gasteiger partial charge in [0, 0.05) is 35.3 Å². The van der Waals surface area contributed by atoms with E-state index in [1.807, 2.05) is 66.7 Å². The molecule has 4 aromatic carbocycles. The third-order valence-electron chi connectivity index (χ3n) is 11.1. The van der Waals surface area contributed by atoms with Crippen LogP contribution in [0.3, 0.4) is 0 Å². The van der Waals surface area contributed by atoms with Crippen LogP contribution in [0, 0.1) is 5.92 Å². The minimum absolute atomic E-state index is 0.0268. The predicted molar refractivity (Wildman–Crippen MR) is 213 cm³/mol. The number of carbonyl (C=O) groups is 3. The molecule has 1 spiro atoms. The van der Waals surface area contributed by atoms with Gasteiger partial charge < -0.3 is 34.8 Å². The van der Waals surface area contributed by atoms with Gasteiger partial charge in [0.2, 0.25) is 5.91 Å². The molecule has 6 rings (SSSR count). The Morgan fingerprint density at radius 2 is 1.70 bits per heavy atom. The van der Waals surface area contributed by atoms with Gasteiger partial charge in [-0.3, -0.25) is 14.4 Å². The molecule has 3 N–H and O–H groups in total. The quantitative estimate of drug-likeness (QED) is 0.146. The van der Waals surface area contributed by atoms with Crippen molar-refractivity contribution in [3.63, 3.8) is 0 Å². The Balaban J connectivity index is 1.38. The predicted octanol–water partition coefficient (Wildman–Crippen LogP) is 5.84. The highest BCUT2D eigenvalue weighted by atomic mass is 35.5. The highest BCUT2D eigenvalue weighted by Crippen LogP contribution is 2.60. The van der Waals surface area contributed by atoms with E-state index in [1.54, 1.807) is 35.1 Å². The zero-order chi connectivity index (χ0) is 38.8. The van der Waals surface area contributed by atoms with Gasteiger partial charge in [-0.25, -0.2) is 0 Å². The summed E-state index contributed by atoms with van der Waals surface area (Å²) in [6.45, 7) is 8.53. The van der Waals surface area contributed by atoms with Gasteiger partial charge in [0.05, 0.1) is 46.5 Å². The lowest BCUT2D eigenvalue weighted by Gasteiger charge is -2.37. The van der Waals surface area contributed by atoms with Crippen LogP contribution in [0.2, 0.25) is 23.7 Å². The minimum Gasteiger partial charge on any atom is -0.497 e. The molecule has 0 saturated carbocycles. The van der Waals surface area contributed by atoms with E-state index in [2.05, 4.69) is 37.5 Å². The van der Waals surface area contributed by atoms with Gasteiger partial charge in [-0.05, 0) is 66.1 Å². The fourth-order valence-electron chi connectivity index (χ4n) is 8.28. The number of hydrogen-bond acceptors (Lipinski definition) is 7. The number of halogens is 1. The Kier molecular flexibility index (Phi) is 11.7. The lowest BCUT2D eigenvalue weighted by molar-refractivity contribution is -0.150. The van der Waals surface area contributed by atoms with E-state index >= 15 is 4.79 Å². The Bertz CT molecular complexity index is 1980. The molecule has 10 nitrogen and oxygen atoms in total. The molecule has 12 heteroatoms. The zero-order valence-corrected chi connectivity index (χ0v) is 33.0. The maximum absolute atomic E-state index is 15.1. The number of methoxy groups -OCH3 is 1. The molecule has 0 bridgehead atoms. The number of rotatable bonds is 13. The number of nitrogens with one attached hydrogen (secondary N) is 1. The number of ether oxygens (including phenoxy) is 2. The topological polar surface area (TPSA) is 129 Å². The van der Waals surface area contributed by atoms with Gasteiger partial charge >= 0.3 is 0 Å². The first-order valence-corrected chi connectivity index (χ1v) is 21.7. The average molecular weight is 770 g/mol. The zero-order valence-electron chi connectivity index (χ0n) is 31.3. The van der Waals surface area contributed by atoms with E-state index in [4.69, 9.17) is 21.1 Å². The number of nitrogens with zero attached hydrogens (tertiary/aromatic N) is 2. The van der Waals surface area contributed by atoms with Crippen LogP contribution in [0.25, 0.3) is 0 Å². The fraction of sp³-hybridized carbons (Fsp3) is 0.357. The van der Waals surface area contributed by atoms with Crippen molar-refractivity contribution in [1.29, 1.82) is 0 Å². The van der Waals surface area contributed by atoms with Crippen molar-refractivity contribution in [2.45, 2.75) is 69.8 Å². The first-order chi connectivity index (χ1) is 25.8. The van der Waals surface area contributed by atoms with Gasteiger partial charge in [0.25, 0.3) is 11.8 Å². The Hall–Kier alpha value is -4.52. The molecule has 0 unspecified atom stereocenters. The van der Waals surface area contributed by atoms with Crippen LogP contribution in [0.5, 0.6) is 5.75 Å². The van der Waals surface area contributed by atoms with Gasteiger partial charge in [-0.15, -0.1) is 0 Å². The molecule has 2 heterocycles. The van der Waals surface area contributed by atoms with Crippen LogP contribution in [-0.2, 0) is 37.8 Å². The summed E-state index contributed by atoms with van der Waals surface area (Å²) in [5, 5.41) is 23.9. The normalized spacial score (nSPS) is 21.2. The van der Waals surface area contributed by atoms with Gasteiger partial charge in [0.15, 0.2) is 5.60 Å². The lowest BCUT2D eigenvalue weighted by Crippen LogP contribution is -2.52. The van der Waals surface area contributed by atoms with Crippen molar-refractivity contribution in [2.24, 2.45) is 5.92 Å². The average Bonchev–Trinajstić information content (AvgIpc) is 3.58. The standard InChI is InChI=1S/C42H48ClN3O7Si/c1-27-39(54(4,5)34-18-16-33(52-3)17-19-34)37(24-38(49)45(21-22-47)25-29-9-7-6-8-10-29)53-42(27)35-23-31(43)13-20-36(35)46(41(42)51)26-30-11-14-32(15-12-30)44-40(50)28(2)48/h6-20,23,27-28,37,39,47-48H,21-22,24-26H2,1-5H3,(H,44,50)/t27-,28+,37+,39-,42+/m1/s1. The molecule has 3 amide bonds. The van der Waals surface area contributed by atoms with Crippen LogP contribution in [0.1, 0.15) is 37.0 Å². The maximum Gasteiger partial charge on any atom is 0.264 e. The third kappa shape index (κ3) is 7.56. The van der Waals surface area contributed by atoms with Crippen molar-refractivity contribution >= 4 is 54.0 Å². The fourth-order valence-corrected chi connectivity index (χ4v) is 12.5. The summed E-state index contributed by atoms with van der Waals surface area (Å²) in [5.74, 6) is -0.516. The number of aliphatic hydroxyl groups is 2. The maximum atomic E-state index is 15.1. The summed E-state index contributed by atoms with van der Waals surface area (Å²) < 4.78 is 12.6. The molecule has 0 aliphatic carbocycles. The van der Waals surface area contributed by atoms with E-state index in [9.17, 15) is 19.8 Å². The number of benzene rings is 4. The summed E-state index contributed by atoms with van der Waals surface area (Å²) in [5.41, 5.74) is 2.04. The number of aliphatic hydroxyl groups excluding tert-OH is 2. The Morgan fingerprint density at radius 3 is 2.33 bits per heavy atom. The Labute approximate surface area is 322 Å². The third-order valence-corrected chi connectivity index (χ3v) is 15.6. The van der Waals surface area contributed by atoms with Gasteiger partial charge in [-0.1, -0.05) is 91.4 Å². The molecular formula is C42H48ClN3O7Si. The second-order valence-corrected chi connectivity index (χ2v) is 19.9. The highest BCUT2D eigenvalue weighted by Gasteiger charge is 2.66. The Morgan fingerprint density at radius 1 is 1.02 bits per heavy atom. The highest BCUT2D eigenvalue weighted by molar-refractivity contribution is 6.91. The molecule has 0 radical (unpaired) electrons. The summed E-state index contributed by atoms with van der Waals surface area (Å²) in [4.78, 5) is 44.9. The van der Waals surface area contributed by atoms with E-state index in [0.717, 1.165) is 22.1 Å². The molecule has 4 aromatic rings. The summed E-state index contributed by atoms with van der Waals surface area (Å²) in [6.07, 6.45) is -1.75. The van der Waals surface area contributed by atoms with Crippen LogP contribution < -0.4 is 20.1 Å². The van der Waals surface area contributed by atoms with E-state index in [-0.39, 0.29) is 49.4 Å². The number of anilines is 2. The number of fused-ring (bicyclic) bond motifs is 2.